The minimum Gasteiger partial charge on any atom is -0.380 e. The molecule has 0 spiro atoms. The van der Waals surface area contributed by atoms with E-state index in [1.807, 2.05) is 37.2 Å². The van der Waals surface area contributed by atoms with Gasteiger partial charge in [-0.3, -0.25) is 4.79 Å². The lowest BCUT2D eigenvalue weighted by atomic mass is 10.00. The van der Waals surface area contributed by atoms with Gasteiger partial charge in [0.1, 0.15) is 6.10 Å². The van der Waals surface area contributed by atoms with Crippen molar-refractivity contribution in [2.75, 3.05) is 19.0 Å². The minimum atomic E-state index is -1.11. The van der Waals surface area contributed by atoms with Crippen LogP contribution in [0.3, 0.4) is 0 Å². The van der Waals surface area contributed by atoms with Gasteiger partial charge < -0.3 is 10.0 Å². The molecule has 0 saturated heterocycles. The van der Waals surface area contributed by atoms with Gasteiger partial charge in [0.25, 0.3) is 0 Å². The Kier molecular flexibility index (Phi) is 3.97. The van der Waals surface area contributed by atoms with E-state index in [1.54, 1.807) is 36.4 Å². The number of aliphatic hydroxyl groups excluding tert-OH is 1. The van der Waals surface area contributed by atoms with E-state index in [1.165, 1.54) is 0 Å². The summed E-state index contributed by atoms with van der Waals surface area (Å²) in [5.74, 6) is -0.279. The van der Waals surface area contributed by atoms with Crippen LogP contribution >= 0.6 is 0 Å². The maximum absolute atomic E-state index is 12.1. The van der Waals surface area contributed by atoms with Crippen molar-refractivity contribution in [1.29, 1.82) is 0 Å². The summed E-state index contributed by atoms with van der Waals surface area (Å²) in [5.41, 5.74) is 2.16. The number of anilines is 1. The molecule has 0 fully saturated rings. The number of carbonyl (C=O) groups is 1. The summed E-state index contributed by atoms with van der Waals surface area (Å²) >= 11 is 0. The van der Waals surface area contributed by atoms with Crippen LogP contribution in [-0.4, -0.2) is 25.0 Å². The highest BCUT2D eigenvalue weighted by Crippen LogP contribution is 2.21. The Hall–Kier alpha value is -2.13. The molecule has 1 N–H and O–H groups in total. The normalized spacial score (nSPS) is 11.9. The third-order valence-corrected chi connectivity index (χ3v) is 3.03. The molecule has 98 valence electrons. The molecule has 2 rings (SSSR count). The van der Waals surface area contributed by atoms with Crippen LogP contribution < -0.4 is 4.90 Å². The fourth-order valence-electron chi connectivity index (χ4n) is 1.87. The van der Waals surface area contributed by atoms with Crippen LogP contribution in [0.15, 0.2) is 54.6 Å². The molecule has 0 aliphatic heterocycles. The number of rotatable bonds is 4. The molecule has 1 atom stereocenters. The highest BCUT2D eigenvalue weighted by Gasteiger charge is 2.18. The molecule has 2 aromatic rings. The maximum Gasteiger partial charge on any atom is 0.195 e. The summed E-state index contributed by atoms with van der Waals surface area (Å²) in [6.07, 6.45) is -1.11. The first-order chi connectivity index (χ1) is 9.09. The number of carbonyl (C=O) groups excluding carboxylic acids is 1. The molecule has 0 aliphatic carbocycles. The fourth-order valence-corrected chi connectivity index (χ4v) is 1.87. The van der Waals surface area contributed by atoms with Crippen LogP contribution in [0.2, 0.25) is 0 Å². The monoisotopic (exact) mass is 255 g/mol. The Balaban J connectivity index is 2.20. The summed E-state index contributed by atoms with van der Waals surface area (Å²) in [4.78, 5) is 14.1. The number of aliphatic hydroxyl groups is 1. The van der Waals surface area contributed by atoms with E-state index in [0.29, 0.717) is 11.1 Å². The van der Waals surface area contributed by atoms with Crippen molar-refractivity contribution in [2.45, 2.75) is 6.10 Å². The number of Topliss-reactive ketones (excluding diaryl/α,β-unsaturated/α-hetero) is 1. The van der Waals surface area contributed by atoms with E-state index in [4.69, 9.17) is 0 Å². The predicted molar refractivity (Wildman–Crippen MR) is 76.5 cm³/mol. The summed E-state index contributed by atoms with van der Waals surface area (Å²) in [6.45, 7) is 0. The second-order valence-electron chi connectivity index (χ2n) is 4.62. The largest absolute Gasteiger partial charge is 0.380 e. The van der Waals surface area contributed by atoms with Crippen LogP contribution in [0, 0.1) is 0 Å². The molecule has 0 saturated carbocycles. The Labute approximate surface area is 113 Å². The van der Waals surface area contributed by atoms with Crippen LogP contribution in [0.25, 0.3) is 0 Å². The predicted octanol–water partition coefficient (Wildman–Crippen LogP) is 2.67. The second-order valence-corrected chi connectivity index (χ2v) is 4.62. The van der Waals surface area contributed by atoms with Gasteiger partial charge in [0.2, 0.25) is 0 Å². The van der Waals surface area contributed by atoms with Crippen molar-refractivity contribution in [3.05, 3.63) is 65.7 Å². The van der Waals surface area contributed by atoms with Crippen molar-refractivity contribution >= 4 is 11.5 Å². The molecule has 3 nitrogen and oxygen atoms in total. The minimum absolute atomic E-state index is 0.279. The van der Waals surface area contributed by atoms with Crippen LogP contribution in [-0.2, 0) is 0 Å². The molecule has 2 aromatic carbocycles. The first kappa shape index (κ1) is 13.3. The Morgan fingerprint density at radius 2 is 1.58 bits per heavy atom. The van der Waals surface area contributed by atoms with Crippen molar-refractivity contribution < 1.29 is 9.90 Å². The fraction of sp³-hybridized carbons (Fsp3) is 0.188. The van der Waals surface area contributed by atoms with Gasteiger partial charge in [0, 0.05) is 25.3 Å². The second kappa shape index (κ2) is 5.67. The zero-order valence-electron chi connectivity index (χ0n) is 11.1. The molecule has 19 heavy (non-hydrogen) atoms. The summed E-state index contributed by atoms with van der Waals surface area (Å²) < 4.78 is 0. The summed E-state index contributed by atoms with van der Waals surface area (Å²) in [6, 6.07) is 16.2. The van der Waals surface area contributed by atoms with Crippen LogP contribution in [0.5, 0.6) is 0 Å². The van der Waals surface area contributed by atoms with Gasteiger partial charge in [-0.1, -0.05) is 42.5 Å². The number of hydrogen-bond acceptors (Lipinski definition) is 3. The van der Waals surface area contributed by atoms with Gasteiger partial charge in [0.05, 0.1) is 0 Å². The molecular formula is C16H17NO2. The van der Waals surface area contributed by atoms with Crippen molar-refractivity contribution in [1.82, 2.24) is 0 Å². The SMILES string of the molecule is CN(C)c1ccc([C@H](O)C(=O)c2ccccc2)cc1. The lowest BCUT2D eigenvalue weighted by Gasteiger charge is -2.14. The molecular weight excluding hydrogens is 238 g/mol. The quantitative estimate of drug-likeness (QED) is 0.854. The van der Waals surface area contributed by atoms with Crippen molar-refractivity contribution in [2.24, 2.45) is 0 Å². The van der Waals surface area contributed by atoms with Gasteiger partial charge in [-0.05, 0) is 17.7 Å². The van der Waals surface area contributed by atoms with Crippen LogP contribution in [0.1, 0.15) is 22.0 Å². The average molecular weight is 255 g/mol. The lowest BCUT2D eigenvalue weighted by Crippen LogP contribution is -2.13. The first-order valence-electron chi connectivity index (χ1n) is 6.14. The topological polar surface area (TPSA) is 40.5 Å². The first-order valence-corrected chi connectivity index (χ1v) is 6.14. The van der Waals surface area contributed by atoms with E-state index in [2.05, 4.69) is 0 Å². The van der Waals surface area contributed by atoms with Crippen molar-refractivity contribution in [3.63, 3.8) is 0 Å². The highest BCUT2D eigenvalue weighted by molar-refractivity contribution is 5.99. The average Bonchev–Trinajstić information content (AvgIpc) is 2.46. The summed E-state index contributed by atoms with van der Waals surface area (Å²) in [5, 5.41) is 10.1. The zero-order valence-corrected chi connectivity index (χ0v) is 11.1. The van der Waals surface area contributed by atoms with Gasteiger partial charge in [-0.2, -0.15) is 0 Å². The van der Waals surface area contributed by atoms with E-state index in [9.17, 15) is 9.90 Å². The zero-order chi connectivity index (χ0) is 13.8. The molecule has 0 unspecified atom stereocenters. The lowest BCUT2D eigenvalue weighted by molar-refractivity contribution is 0.0747. The molecule has 3 heteroatoms. The summed E-state index contributed by atoms with van der Waals surface area (Å²) in [7, 11) is 3.89. The molecule has 0 radical (unpaired) electrons. The Morgan fingerprint density at radius 1 is 1.00 bits per heavy atom. The van der Waals surface area contributed by atoms with Crippen molar-refractivity contribution in [3.8, 4) is 0 Å². The van der Waals surface area contributed by atoms with E-state index < -0.39 is 6.10 Å². The Bertz CT molecular complexity index is 547. The number of ketones is 1. The van der Waals surface area contributed by atoms with Gasteiger partial charge in [0.15, 0.2) is 5.78 Å². The molecule has 0 bridgehead atoms. The molecule has 0 aliphatic rings. The van der Waals surface area contributed by atoms with E-state index >= 15 is 0 Å². The van der Waals surface area contributed by atoms with Gasteiger partial charge >= 0.3 is 0 Å². The number of nitrogens with zero attached hydrogens (tertiary/aromatic N) is 1. The van der Waals surface area contributed by atoms with Crippen LogP contribution in [0.4, 0.5) is 5.69 Å². The number of benzene rings is 2. The molecule has 0 amide bonds. The third-order valence-electron chi connectivity index (χ3n) is 3.03. The van der Waals surface area contributed by atoms with Gasteiger partial charge in [-0.15, -0.1) is 0 Å². The van der Waals surface area contributed by atoms with Gasteiger partial charge in [-0.25, -0.2) is 0 Å². The smallest absolute Gasteiger partial charge is 0.195 e. The van der Waals surface area contributed by atoms with E-state index in [0.717, 1.165) is 5.69 Å². The van der Waals surface area contributed by atoms with E-state index in [-0.39, 0.29) is 5.78 Å². The Morgan fingerprint density at radius 3 is 2.11 bits per heavy atom. The highest BCUT2D eigenvalue weighted by atomic mass is 16.3. The third kappa shape index (κ3) is 3.01. The molecule has 0 heterocycles. The maximum atomic E-state index is 12.1. The molecule has 0 aromatic heterocycles. The number of hydrogen-bond donors (Lipinski definition) is 1. The standard InChI is InChI=1S/C16H17NO2/c1-17(2)14-10-8-13(9-11-14)16(19)15(18)12-6-4-3-5-7-12/h3-11,16,19H,1-2H3/t16-/m0/s1.